The Labute approximate surface area is 339 Å². The smallest absolute Gasteiger partial charge is 0.262 e. The molecule has 2 N–H and O–H groups in total. The minimum atomic E-state index is -1.10. The molecule has 1 saturated carbocycles. The third kappa shape index (κ3) is 8.19. The summed E-state index contributed by atoms with van der Waals surface area (Å²) in [6.45, 7) is 5.00. The van der Waals surface area contributed by atoms with Gasteiger partial charge < -0.3 is 19.9 Å². The number of anilines is 2. The van der Waals surface area contributed by atoms with Crippen molar-refractivity contribution in [3.63, 3.8) is 0 Å². The molecule has 1 unspecified atom stereocenters. The van der Waals surface area contributed by atoms with Crippen molar-refractivity contribution in [3.8, 4) is 11.8 Å². The lowest BCUT2D eigenvalue weighted by molar-refractivity contribution is -0.136. The van der Waals surface area contributed by atoms with Gasteiger partial charge in [0.1, 0.15) is 23.7 Å². The number of nitriles is 1. The van der Waals surface area contributed by atoms with E-state index in [1.54, 1.807) is 30.6 Å². The first-order chi connectivity index (χ1) is 28.0. The molecule has 0 spiro atoms. The molecular formula is C41H43ClFN9O6. The maximum Gasteiger partial charge on any atom is 0.262 e. The highest BCUT2D eigenvalue weighted by Gasteiger charge is 2.45. The van der Waals surface area contributed by atoms with Gasteiger partial charge >= 0.3 is 0 Å². The van der Waals surface area contributed by atoms with Crippen LogP contribution in [0.2, 0.25) is 5.02 Å². The number of benzene rings is 2. The molecule has 1 aliphatic carbocycles. The largest absolute Gasteiger partial charge is 0.490 e. The molecule has 4 aliphatic heterocycles. The summed E-state index contributed by atoms with van der Waals surface area (Å²) in [6, 6.07) is 8.53. The van der Waals surface area contributed by atoms with Crippen molar-refractivity contribution in [1.82, 2.24) is 30.4 Å². The first-order valence-corrected chi connectivity index (χ1v) is 20.2. The fraction of sp³-hybridized carbons (Fsp3) is 0.463. The van der Waals surface area contributed by atoms with E-state index in [9.17, 15) is 24.0 Å². The van der Waals surface area contributed by atoms with Crippen LogP contribution < -0.4 is 25.2 Å². The molecule has 0 bridgehead atoms. The van der Waals surface area contributed by atoms with Crippen LogP contribution in [0.3, 0.4) is 0 Å². The molecule has 2 aromatic carbocycles. The Bertz CT molecular complexity index is 2160. The molecule has 3 aromatic rings. The number of nitrogens with one attached hydrogen (secondary N) is 2. The SMILES string of the molecule is N#Cc1ccc(OC2CCC(NC(=O)c3cnc(N4CCC(CN5CCN(c6cc7c(cc6F)C(=O)N(C6CCC(=O)NC6=O)C7=O)CC5)CC4)nc3)CC2)cc1Cl. The minimum Gasteiger partial charge on any atom is -0.490 e. The second-order valence-electron chi connectivity index (χ2n) is 15.6. The Balaban J connectivity index is 0.764. The van der Waals surface area contributed by atoms with E-state index < -0.39 is 35.5 Å². The standard InChI is InChI=1S/C41H43ClFN9O6/c42-32-17-29(4-1-25(32)20-44)58-28-5-2-27(3-6-28)47-37(54)26-21-45-41(46-22-26)51-11-9-24(10-12-51)23-49-13-15-50(16-14-49)35-19-31-30(18-33(35)43)39(56)52(40(31)57)34-7-8-36(53)48-38(34)55/h1,4,17-19,21-22,24,27-28,34H,2-3,5-16,23H2,(H,47,54)(H,48,53,55). The summed E-state index contributed by atoms with van der Waals surface area (Å²) in [7, 11) is 0. The van der Waals surface area contributed by atoms with Crippen molar-refractivity contribution >= 4 is 52.8 Å². The number of rotatable bonds is 9. The number of piperidine rings is 2. The number of hydrogen-bond acceptors (Lipinski definition) is 12. The van der Waals surface area contributed by atoms with Gasteiger partial charge in [-0.15, -0.1) is 0 Å². The highest BCUT2D eigenvalue weighted by Crippen LogP contribution is 2.34. The molecule has 15 nitrogen and oxygen atoms in total. The second kappa shape index (κ2) is 16.7. The molecule has 8 rings (SSSR count). The average Bonchev–Trinajstić information content (AvgIpc) is 3.46. The first kappa shape index (κ1) is 39.2. The summed E-state index contributed by atoms with van der Waals surface area (Å²) in [4.78, 5) is 79.7. The molecule has 58 heavy (non-hydrogen) atoms. The molecule has 0 radical (unpaired) electrons. The fourth-order valence-corrected chi connectivity index (χ4v) is 8.83. The maximum absolute atomic E-state index is 15.4. The zero-order valence-electron chi connectivity index (χ0n) is 31.8. The lowest BCUT2D eigenvalue weighted by Crippen LogP contribution is -2.54. The van der Waals surface area contributed by atoms with Gasteiger partial charge in [0, 0.05) is 76.7 Å². The predicted molar refractivity (Wildman–Crippen MR) is 209 cm³/mol. The van der Waals surface area contributed by atoms with E-state index in [0.717, 1.165) is 69.1 Å². The monoisotopic (exact) mass is 811 g/mol. The van der Waals surface area contributed by atoms with Gasteiger partial charge in [-0.3, -0.25) is 39.1 Å². The Kier molecular flexibility index (Phi) is 11.3. The van der Waals surface area contributed by atoms with Crippen LogP contribution in [0.5, 0.6) is 5.75 Å². The van der Waals surface area contributed by atoms with E-state index in [0.29, 0.717) is 59.9 Å². The van der Waals surface area contributed by atoms with E-state index >= 15 is 4.39 Å². The molecule has 4 fully saturated rings. The van der Waals surface area contributed by atoms with Gasteiger partial charge in [-0.2, -0.15) is 5.26 Å². The van der Waals surface area contributed by atoms with Gasteiger partial charge in [0.15, 0.2) is 0 Å². The van der Waals surface area contributed by atoms with Crippen molar-refractivity contribution < 1.29 is 33.1 Å². The summed E-state index contributed by atoms with van der Waals surface area (Å²) in [5.41, 5.74) is 1.07. The van der Waals surface area contributed by atoms with Crippen LogP contribution in [0.1, 0.15) is 88.0 Å². The fourth-order valence-electron chi connectivity index (χ4n) is 8.62. The quantitative estimate of drug-likeness (QED) is 0.300. The predicted octanol–water partition coefficient (Wildman–Crippen LogP) is 3.70. The van der Waals surface area contributed by atoms with Gasteiger partial charge in [-0.05, 0) is 75.1 Å². The third-order valence-electron chi connectivity index (χ3n) is 11.9. The van der Waals surface area contributed by atoms with Crippen molar-refractivity contribution in [2.75, 3.05) is 55.6 Å². The molecule has 17 heteroatoms. The number of nitrogens with zero attached hydrogens (tertiary/aromatic N) is 7. The van der Waals surface area contributed by atoms with E-state index in [-0.39, 0.29) is 47.7 Å². The number of imide groups is 2. The van der Waals surface area contributed by atoms with Crippen molar-refractivity contribution in [3.05, 3.63) is 75.8 Å². The molecule has 5 amide bonds. The number of fused-ring (bicyclic) bond motifs is 1. The molecule has 1 aromatic heterocycles. The van der Waals surface area contributed by atoms with E-state index in [4.69, 9.17) is 21.6 Å². The number of piperazine rings is 1. The molecular weight excluding hydrogens is 769 g/mol. The van der Waals surface area contributed by atoms with Crippen LogP contribution in [-0.4, -0.2) is 113 Å². The second-order valence-corrected chi connectivity index (χ2v) is 16.0. The minimum absolute atomic E-state index is 0.00857. The Hall–Kier alpha value is -5.66. The van der Waals surface area contributed by atoms with E-state index in [2.05, 4.69) is 30.4 Å². The number of carbonyl (C=O) groups excluding carboxylic acids is 5. The van der Waals surface area contributed by atoms with E-state index in [1.807, 2.05) is 11.0 Å². The number of amides is 5. The highest BCUT2D eigenvalue weighted by molar-refractivity contribution is 6.31. The first-order valence-electron chi connectivity index (χ1n) is 19.8. The topological polar surface area (TPSA) is 181 Å². The van der Waals surface area contributed by atoms with Crippen LogP contribution in [0.15, 0.2) is 42.7 Å². The Morgan fingerprint density at radius 1 is 0.897 bits per heavy atom. The van der Waals surface area contributed by atoms with E-state index in [1.165, 1.54) is 6.07 Å². The van der Waals surface area contributed by atoms with Crippen molar-refractivity contribution in [2.24, 2.45) is 5.92 Å². The van der Waals surface area contributed by atoms with Crippen molar-refractivity contribution in [2.45, 2.75) is 69.6 Å². The van der Waals surface area contributed by atoms with Gasteiger partial charge in [0.25, 0.3) is 17.7 Å². The molecule has 1 atom stereocenters. The summed E-state index contributed by atoms with van der Waals surface area (Å²) in [5.74, 6) is -1.65. The normalized spacial score (nSPS) is 23.1. The van der Waals surface area contributed by atoms with Crippen molar-refractivity contribution in [1.29, 1.82) is 5.26 Å². The highest BCUT2D eigenvalue weighted by atomic mass is 35.5. The summed E-state index contributed by atoms with van der Waals surface area (Å²) in [6.07, 6.45) is 8.24. The lowest BCUT2D eigenvalue weighted by atomic mass is 9.92. The van der Waals surface area contributed by atoms with Crippen LogP contribution in [0, 0.1) is 23.1 Å². The van der Waals surface area contributed by atoms with Gasteiger partial charge in [0.2, 0.25) is 17.8 Å². The van der Waals surface area contributed by atoms with Crippen LogP contribution >= 0.6 is 11.6 Å². The molecule has 5 heterocycles. The van der Waals surface area contributed by atoms with Crippen LogP contribution in [0.25, 0.3) is 0 Å². The number of carbonyl (C=O) groups is 5. The average molecular weight is 812 g/mol. The Morgan fingerprint density at radius 2 is 1.59 bits per heavy atom. The Morgan fingerprint density at radius 3 is 2.24 bits per heavy atom. The van der Waals surface area contributed by atoms with Gasteiger partial charge in [0.05, 0.1) is 39.1 Å². The number of hydrogen-bond donors (Lipinski definition) is 2. The number of ether oxygens (including phenoxy) is 1. The third-order valence-corrected chi connectivity index (χ3v) is 12.2. The zero-order valence-corrected chi connectivity index (χ0v) is 32.5. The summed E-state index contributed by atoms with van der Waals surface area (Å²) >= 11 is 6.14. The number of halogens is 2. The summed E-state index contributed by atoms with van der Waals surface area (Å²) < 4.78 is 21.5. The van der Waals surface area contributed by atoms with Gasteiger partial charge in [-0.1, -0.05) is 11.6 Å². The van der Waals surface area contributed by atoms with Crippen LogP contribution in [0.4, 0.5) is 16.0 Å². The molecule has 3 saturated heterocycles. The molecule has 302 valence electrons. The maximum atomic E-state index is 15.4. The van der Waals surface area contributed by atoms with Crippen LogP contribution in [-0.2, 0) is 9.59 Å². The number of aromatic nitrogens is 2. The zero-order chi connectivity index (χ0) is 40.5. The lowest BCUT2D eigenvalue weighted by Gasteiger charge is -2.39. The molecule has 5 aliphatic rings. The van der Waals surface area contributed by atoms with Gasteiger partial charge in [-0.25, -0.2) is 14.4 Å². The summed E-state index contributed by atoms with van der Waals surface area (Å²) in [5, 5.41) is 14.7.